The summed E-state index contributed by atoms with van der Waals surface area (Å²) in [6.45, 7) is 1.44. The van der Waals surface area contributed by atoms with Crippen molar-refractivity contribution in [2.45, 2.75) is 31.5 Å². The van der Waals surface area contributed by atoms with E-state index in [1.807, 2.05) is 0 Å². The van der Waals surface area contributed by atoms with Gasteiger partial charge in [-0.3, -0.25) is 4.79 Å². The van der Waals surface area contributed by atoms with Crippen LogP contribution in [0.1, 0.15) is 13.3 Å². The van der Waals surface area contributed by atoms with E-state index in [4.69, 9.17) is 15.2 Å². The van der Waals surface area contributed by atoms with Crippen molar-refractivity contribution < 1.29 is 23.8 Å². The summed E-state index contributed by atoms with van der Waals surface area (Å²) in [5, 5.41) is 2.73. The van der Waals surface area contributed by atoms with Crippen molar-refractivity contribution in [1.82, 2.24) is 5.32 Å². The van der Waals surface area contributed by atoms with Gasteiger partial charge < -0.3 is 25.3 Å². The van der Waals surface area contributed by atoms with Crippen molar-refractivity contribution in [2.24, 2.45) is 5.73 Å². The van der Waals surface area contributed by atoms with Gasteiger partial charge in [-0.1, -0.05) is 0 Å². The molecule has 7 nitrogen and oxygen atoms in total. The van der Waals surface area contributed by atoms with Gasteiger partial charge >= 0.3 is 5.97 Å². The Kier molecular flexibility index (Phi) is 5.94. The normalized spacial score (nSPS) is 26.5. The number of carbonyl (C=O) groups excluding carboxylic acids is 2. The fourth-order valence-corrected chi connectivity index (χ4v) is 2.00. The Labute approximate surface area is 112 Å². The van der Waals surface area contributed by atoms with Gasteiger partial charge in [0.05, 0.1) is 13.2 Å². The number of esters is 1. The number of amides is 1. The molecule has 108 valence electrons. The van der Waals surface area contributed by atoms with Crippen LogP contribution in [-0.2, 0) is 23.8 Å². The average molecular weight is 272 g/mol. The number of nitrogens with one attached hydrogen (secondary N) is 1. The summed E-state index contributed by atoms with van der Waals surface area (Å²) in [6.07, 6.45) is 1.42. The Balaban J connectivity index is 2.89. The van der Waals surface area contributed by atoms with Gasteiger partial charge in [0.25, 0.3) is 0 Å². The molecule has 0 saturated carbocycles. The predicted molar refractivity (Wildman–Crippen MR) is 67.0 cm³/mol. The van der Waals surface area contributed by atoms with Crippen LogP contribution in [0.5, 0.6) is 0 Å². The minimum atomic E-state index is -0.526. The van der Waals surface area contributed by atoms with Crippen LogP contribution >= 0.6 is 0 Å². The first kappa shape index (κ1) is 15.6. The molecule has 7 heteroatoms. The second kappa shape index (κ2) is 7.22. The summed E-state index contributed by atoms with van der Waals surface area (Å²) in [6, 6.07) is -0.828. The smallest absolute Gasteiger partial charge is 0.333 e. The number of hydrogen-bond acceptors (Lipinski definition) is 6. The summed E-state index contributed by atoms with van der Waals surface area (Å²) in [4.78, 5) is 22.7. The maximum absolute atomic E-state index is 11.5. The second-order valence-electron chi connectivity index (χ2n) is 4.32. The van der Waals surface area contributed by atoms with E-state index in [0.29, 0.717) is 12.0 Å². The first-order valence-corrected chi connectivity index (χ1v) is 5.91. The number of nitrogens with two attached hydrogens (primary N) is 1. The molecule has 1 aliphatic rings. The number of rotatable bonds is 5. The number of hydrogen-bond donors (Lipinski definition) is 2. The zero-order chi connectivity index (χ0) is 14.4. The topological polar surface area (TPSA) is 99.9 Å². The Hall–Kier alpha value is -1.44. The maximum Gasteiger partial charge on any atom is 0.333 e. The fraction of sp³-hybridized carbons (Fsp3) is 0.667. The highest BCUT2D eigenvalue weighted by Crippen LogP contribution is 2.21. The highest BCUT2D eigenvalue weighted by Gasteiger charge is 2.34. The summed E-state index contributed by atoms with van der Waals surface area (Å²) in [5.74, 6) is -0.649. The van der Waals surface area contributed by atoms with E-state index in [0.717, 1.165) is 0 Å². The van der Waals surface area contributed by atoms with Crippen LogP contribution in [0.2, 0.25) is 0 Å². The minimum Gasteiger partial charge on any atom is -0.466 e. The first-order chi connectivity index (χ1) is 8.99. The Morgan fingerprint density at radius 3 is 2.68 bits per heavy atom. The zero-order valence-corrected chi connectivity index (χ0v) is 11.3. The Morgan fingerprint density at radius 2 is 2.16 bits per heavy atom. The average Bonchev–Trinajstić information content (AvgIpc) is 2.37. The van der Waals surface area contributed by atoms with Gasteiger partial charge in [0, 0.05) is 25.6 Å². The summed E-state index contributed by atoms with van der Waals surface area (Å²) in [5.41, 5.74) is 6.43. The van der Waals surface area contributed by atoms with E-state index < -0.39 is 24.2 Å². The number of carbonyl (C=O) groups is 2. The van der Waals surface area contributed by atoms with Crippen LogP contribution in [0.15, 0.2) is 11.6 Å². The molecule has 3 N–H and O–H groups in total. The van der Waals surface area contributed by atoms with Crippen molar-refractivity contribution in [2.75, 3.05) is 21.0 Å². The van der Waals surface area contributed by atoms with Crippen molar-refractivity contribution in [3.63, 3.8) is 0 Å². The molecule has 1 amide bonds. The molecule has 0 aromatic rings. The SMILES string of the molecule is COCO[C@@H]1C=C(C(=O)OC)C[C@H](N)[C@H]1NC(C)=O. The molecule has 0 fully saturated rings. The molecule has 0 radical (unpaired) electrons. The van der Waals surface area contributed by atoms with Crippen molar-refractivity contribution in [3.8, 4) is 0 Å². The first-order valence-electron chi connectivity index (χ1n) is 5.91. The number of ether oxygens (including phenoxy) is 3. The molecule has 0 aromatic carbocycles. The van der Waals surface area contributed by atoms with Crippen LogP contribution in [0, 0.1) is 0 Å². The van der Waals surface area contributed by atoms with Crippen molar-refractivity contribution >= 4 is 11.9 Å². The molecule has 0 unspecified atom stereocenters. The van der Waals surface area contributed by atoms with Crippen molar-refractivity contribution in [3.05, 3.63) is 11.6 Å². The van der Waals surface area contributed by atoms with Gasteiger partial charge in [-0.05, 0) is 12.5 Å². The summed E-state index contributed by atoms with van der Waals surface area (Å²) < 4.78 is 14.9. The zero-order valence-electron chi connectivity index (χ0n) is 11.3. The highest BCUT2D eigenvalue weighted by atomic mass is 16.7. The minimum absolute atomic E-state index is 0.0401. The van der Waals surface area contributed by atoms with Crippen LogP contribution in [0.3, 0.4) is 0 Å². The molecule has 0 bridgehead atoms. The standard InChI is InChI=1S/C12H20N2O5/c1-7(15)14-11-9(13)4-8(12(16)18-3)5-10(11)19-6-17-2/h5,9-11H,4,6,13H2,1-3H3,(H,14,15)/t9-,10+,11+/m0/s1. The van der Waals surface area contributed by atoms with E-state index in [-0.39, 0.29) is 12.7 Å². The molecule has 1 rings (SSSR count). The van der Waals surface area contributed by atoms with Crippen LogP contribution < -0.4 is 11.1 Å². The van der Waals surface area contributed by atoms with E-state index in [2.05, 4.69) is 10.1 Å². The molecule has 0 saturated heterocycles. The molecule has 3 atom stereocenters. The third kappa shape index (κ3) is 4.30. The van der Waals surface area contributed by atoms with Crippen LogP contribution in [-0.4, -0.2) is 51.1 Å². The van der Waals surface area contributed by atoms with Crippen LogP contribution in [0.25, 0.3) is 0 Å². The number of methoxy groups -OCH3 is 2. The van der Waals surface area contributed by atoms with E-state index in [1.54, 1.807) is 6.08 Å². The molecule has 0 spiro atoms. The summed E-state index contributed by atoms with van der Waals surface area (Å²) >= 11 is 0. The third-order valence-corrected chi connectivity index (χ3v) is 2.83. The fourth-order valence-electron chi connectivity index (χ4n) is 2.00. The van der Waals surface area contributed by atoms with E-state index in [1.165, 1.54) is 21.1 Å². The van der Waals surface area contributed by atoms with E-state index >= 15 is 0 Å². The van der Waals surface area contributed by atoms with Gasteiger partial charge in [0.1, 0.15) is 12.9 Å². The lowest BCUT2D eigenvalue weighted by atomic mass is 9.88. The predicted octanol–water partition coefficient (Wildman–Crippen LogP) is -0.689. The Bertz CT molecular complexity index is 369. The summed E-state index contributed by atoms with van der Waals surface area (Å²) in [7, 11) is 2.79. The van der Waals surface area contributed by atoms with Gasteiger partial charge in [0.2, 0.25) is 5.91 Å². The molecule has 0 heterocycles. The van der Waals surface area contributed by atoms with Crippen molar-refractivity contribution in [1.29, 1.82) is 0 Å². The lowest BCUT2D eigenvalue weighted by molar-refractivity contribution is -0.137. The van der Waals surface area contributed by atoms with Gasteiger partial charge in [-0.15, -0.1) is 0 Å². The maximum atomic E-state index is 11.5. The quantitative estimate of drug-likeness (QED) is 0.507. The monoisotopic (exact) mass is 272 g/mol. The molecular formula is C12H20N2O5. The van der Waals surface area contributed by atoms with Gasteiger partial charge in [0.15, 0.2) is 0 Å². The highest BCUT2D eigenvalue weighted by molar-refractivity contribution is 5.89. The molecule has 1 aliphatic carbocycles. The molecule has 19 heavy (non-hydrogen) atoms. The second-order valence-corrected chi connectivity index (χ2v) is 4.32. The Morgan fingerprint density at radius 1 is 1.47 bits per heavy atom. The lowest BCUT2D eigenvalue weighted by Gasteiger charge is -2.34. The lowest BCUT2D eigenvalue weighted by Crippen LogP contribution is -2.56. The molecular weight excluding hydrogens is 252 g/mol. The van der Waals surface area contributed by atoms with Gasteiger partial charge in [-0.25, -0.2) is 4.79 Å². The van der Waals surface area contributed by atoms with Gasteiger partial charge in [-0.2, -0.15) is 0 Å². The molecule has 0 aromatic heterocycles. The van der Waals surface area contributed by atoms with Crippen LogP contribution in [0.4, 0.5) is 0 Å². The molecule has 0 aliphatic heterocycles. The third-order valence-electron chi connectivity index (χ3n) is 2.83. The largest absolute Gasteiger partial charge is 0.466 e. The van der Waals surface area contributed by atoms with E-state index in [9.17, 15) is 9.59 Å².